The van der Waals surface area contributed by atoms with Crippen LogP contribution in [-0.2, 0) is 13.2 Å². The minimum absolute atomic E-state index is 0.0588. The lowest BCUT2D eigenvalue weighted by Crippen LogP contribution is -2.11. The molecule has 3 aromatic rings. The molecule has 0 aliphatic heterocycles. The molecule has 0 unspecified atom stereocenters. The Morgan fingerprint density at radius 1 is 1.25 bits per heavy atom. The molecule has 0 bridgehead atoms. The van der Waals surface area contributed by atoms with Crippen molar-refractivity contribution in [3.63, 3.8) is 0 Å². The molecule has 20 heavy (non-hydrogen) atoms. The first kappa shape index (κ1) is 12.9. The molecule has 2 heterocycles. The van der Waals surface area contributed by atoms with Gasteiger partial charge < -0.3 is 9.67 Å². The van der Waals surface area contributed by atoms with Gasteiger partial charge in [0.1, 0.15) is 12.2 Å². The van der Waals surface area contributed by atoms with Crippen molar-refractivity contribution in [2.24, 2.45) is 0 Å². The van der Waals surface area contributed by atoms with E-state index in [1.807, 2.05) is 29.1 Å². The quantitative estimate of drug-likeness (QED) is 0.791. The van der Waals surface area contributed by atoms with Crippen molar-refractivity contribution in [2.45, 2.75) is 33.0 Å². The number of rotatable bonds is 4. The highest BCUT2D eigenvalue weighted by Gasteiger charge is 2.10. The minimum atomic E-state index is 0.0588. The van der Waals surface area contributed by atoms with Crippen LogP contribution in [0.4, 0.5) is 0 Å². The van der Waals surface area contributed by atoms with Crippen LogP contribution >= 0.6 is 0 Å². The Morgan fingerprint density at radius 3 is 2.85 bits per heavy atom. The fourth-order valence-electron chi connectivity index (χ4n) is 2.44. The molecular formula is C15H18N4O. The lowest BCUT2D eigenvalue weighted by molar-refractivity contribution is 0.282. The minimum Gasteiger partial charge on any atom is -0.392 e. The average molecular weight is 270 g/mol. The van der Waals surface area contributed by atoms with E-state index in [2.05, 4.69) is 34.6 Å². The molecule has 2 aromatic heterocycles. The second kappa shape index (κ2) is 5.09. The fourth-order valence-corrected chi connectivity index (χ4v) is 2.44. The summed E-state index contributed by atoms with van der Waals surface area (Å²) in [6.07, 6.45) is 3.64. The summed E-state index contributed by atoms with van der Waals surface area (Å²) in [5.74, 6) is 0.937. The summed E-state index contributed by atoms with van der Waals surface area (Å²) in [6.45, 7) is 4.92. The number of hydrogen-bond acceptors (Lipinski definition) is 3. The maximum Gasteiger partial charge on any atom is 0.147 e. The maximum atomic E-state index is 9.26. The Labute approximate surface area is 117 Å². The van der Waals surface area contributed by atoms with E-state index in [0.717, 1.165) is 22.3 Å². The van der Waals surface area contributed by atoms with Crippen molar-refractivity contribution in [1.29, 1.82) is 0 Å². The third-order valence-electron chi connectivity index (χ3n) is 3.47. The Kier molecular flexibility index (Phi) is 3.28. The Hall–Kier alpha value is -2.14. The van der Waals surface area contributed by atoms with Crippen molar-refractivity contribution >= 4 is 10.9 Å². The summed E-state index contributed by atoms with van der Waals surface area (Å²) < 4.78 is 4.07. The van der Waals surface area contributed by atoms with Crippen LogP contribution in [0.5, 0.6) is 0 Å². The van der Waals surface area contributed by atoms with Crippen molar-refractivity contribution in [1.82, 2.24) is 19.3 Å². The topological polar surface area (TPSA) is 55.9 Å². The van der Waals surface area contributed by atoms with Gasteiger partial charge in [-0.25, -0.2) is 9.67 Å². The summed E-state index contributed by atoms with van der Waals surface area (Å²) >= 11 is 0. The van der Waals surface area contributed by atoms with E-state index in [0.29, 0.717) is 12.6 Å². The Morgan fingerprint density at radius 2 is 2.10 bits per heavy atom. The molecule has 0 saturated heterocycles. The number of fused-ring (bicyclic) bond motifs is 1. The van der Waals surface area contributed by atoms with E-state index in [9.17, 15) is 5.11 Å². The molecule has 0 fully saturated rings. The van der Waals surface area contributed by atoms with Gasteiger partial charge in [0.05, 0.1) is 13.2 Å². The molecule has 104 valence electrons. The van der Waals surface area contributed by atoms with Crippen molar-refractivity contribution in [2.75, 3.05) is 0 Å². The van der Waals surface area contributed by atoms with Crippen LogP contribution in [0.15, 0.2) is 36.8 Å². The molecule has 0 saturated carbocycles. The van der Waals surface area contributed by atoms with E-state index < -0.39 is 0 Å². The summed E-state index contributed by atoms with van der Waals surface area (Å²) in [5.41, 5.74) is 2.03. The lowest BCUT2D eigenvalue weighted by Gasteiger charge is -2.11. The molecule has 1 aromatic carbocycles. The van der Waals surface area contributed by atoms with Gasteiger partial charge in [0, 0.05) is 17.8 Å². The van der Waals surface area contributed by atoms with Gasteiger partial charge in [-0.05, 0) is 36.9 Å². The zero-order valence-corrected chi connectivity index (χ0v) is 11.7. The molecular weight excluding hydrogens is 252 g/mol. The first-order valence-corrected chi connectivity index (χ1v) is 6.76. The summed E-state index contributed by atoms with van der Waals surface area (Å²) in [5, 5.41) is 14.7. The fraction of sp³-hybridized carbons (Fsp3) is 0.333. The Bertz CT molecular complexity index is 726. The molecule has 5 heteroatoms. The third-order valence-corrected chi connectivity index (χ3v) is 3.47. The normalized spacial score (nSPS) is 11.6. The molecule has 0 atom stereocenters. The number of benzene rings is 1. The van der Waals surface area contributed by atoms with Crippen LogP contribution in [0.2, 0.25) is 0 Å². The highest BCUT2D eigenvalue weighted by molar-refractivity contribution is 5.80. The molecule has 0 aliphatic carbocycles. The first-order chi connectivity index (χ1) is 9.69. The van der Waals surface area contributed by atoms with Gasteiger partial charge in [0.2, 0.25) is 0 Å². The lowest BCUT2D eigenvalue weighted by atomic mass is 10.2. The first-order valence-electron chi connectivity index (χ1n) is 6.76. The van der Waals surface area contributed by atoms with E-state index in [4.69, 9.17) is 0 Å². The predicted molar refractivity (Wildman–Crippen MR) is 77.4 cm³/mol. The molecule has 0 radical (unpaired) electrons. The van der Waals surface area contributed by atoms with Crippen molar-refractivity contribution < 1.29 is 5.11 Å². The van der Waals surface area contributed by atoms with E-state index in [1.165, 1.54) is 0 Å². The largest absolute Gasteiger partial charge is 0.392 e. The van der Waals surface area contributed by atoms with E-state index in [1.54, 1.807) is 6.33 Å². The van der Waals surface area contributed by atoms with Gasteiger partial charge in [-0.2, -0.15) is 5.10 Å². The average Bonchev–Trinajstić information content (AvgIpc) is 3.06. The highest BCUT2D eigenvalue weighted by Crippen LogP contribution is 2.19. The summed E-state index contributed by atoms with van der Waals surface area (Å²) in [6, 6.07) is 8.37. The van der Waals surface area contributed by atoms with Gasteiger partial charge in [-0.3, -0.25) is 0 Å². The standard InChI is InChI=1S/C15H18N4O/c1-11(2)19-15(16-10-17-19)8-18-6-5-13-4-3-12(9-20)7-14(13)18/h3-7,10-11,20H,8-9H2,1-2H3. The van der Waals surface area contributed by atoms with Gasteiger partial charge in [-0.15, -0.1) is 0 Å². The number of aliphatic hydroxyl groups is 1. The van der Waals surface area contributed by atoms with Crippen LogP contribution in [0.3, 0.4) is 0 Å². The number of aliphatic hydroxyl groups excluding tert-OH is 1. The number of hydrogen-bond donors (Lipinski definition) is 1. The maximum absolute atomic E-state index is 9.26. The van der Waals surface area contributed by atoms with Crippen LogP contribution in [-0.4, -0.2) is 24.4 Å². The number of aromatic nitrogens is 4. The van der Waals surface area contributed by atoms with Crippen LogP contribution < -0.4 is 0 Å². The number of nitrogens with zero attached hydrogens (tertiary/aromatic N) is 4. The van der Waals surface area contributed by atoms with Crippen molar-refractivity contribution in [3.05, 3.63) is 48.2 Å². The second-order valence-electron chi connectivity index (χ2n) is 5.21. The highest BCUT2D eigenvalue weighted by atomic mass is 16.3. The summed E-state index contributed by atoms with van der Waals surface area (Å²) in [4.78, 5) is 4.34. The zero-order chi connectivity index (χ0) is 14.1. The third kappa shape index (κ3) is 2.20. The van der Waals surface area contributed by atoms with Gasteiger partial charge >= 0.3 is 0 Å². The molecule has 0 spiro atoms. The van der Waals surface area contributed by atoms with Crippen molar-refractivity contribution in [3.8, 4) is 0 Å². The second-order valence-corrected chi connectivity index (χ2v) is 5.21. The van der Waals surface area contributed by atoms with E-state index in [-0.39, 0.29) is 6.61 Å². The van der Waals surface area contributed by atoms with Crippen LogP contribution in [0, 0.1) is 0 Å². The smallest absolute Gasteiger partial charge is 0.147 e. The molecule has 3 rings (SSSR count). The monoisotopic (exact) mass is 270 g/mol. The van der Waals surface area contributed by atoms with Gasteiger partial charge in [0.25, 0.3) is 0 Å². The van der Waals surface area contributed by atoms with Gasteiger partial charge in [-0.1, -0.05) is 12.1 Å². The molecule has 0 amide bonds. The van der Waals surface area contributed by atoms with Crippen LogP contribution in [0.25, 0.3) is 10.9 Å². The summed E-state index contributed by atoms with van der Waals surface area (Å²) in [7, 11) is 0. The van der Waals surface area contributed by atoms with E-state index >= 15 is 0 Å². The SMILES string of the molecule is CC(C)n1ncnc1Cn1ccc2ccc(CO)cc21. The molecule has 1 N–H and O–H groups in total. The molecule has 0 aliphatic rings. The zero-order valence-electron chi connectivity index (χ0n) is 11.7. The van der Waals surface area contributed by atoms with Gasteiger partial charge in [0.15, 0.2) is 0 Å². The van der Waals surface area contributed by atoms with Crippen LogP contribution in [0.1, 0.15) is 31.3 Å². The molecule has 5 nitrogen and oxygen atoms in total. The Balaban J connectivity index is 2.00. The predicted octanol–water partition coefficient (Wildman–Crippen LogP) is 2.35.